The Hall–Kier alpha value is -3.21. The fraction of sp³-hybridized carbons (Fsp3) is 0. The van der Waals surface area contributed by atoms with Gasteiger partial charge in [0.2, 0.25) is 0 Å². The molecule has 0 bridgehead atoms. The van der Waals surface area contributed by atoms with Gasteiger partial charge >= 0.3 is 17.9 Å². The average molecular weight is 296 g/mol. The Morgan fingerprint density at radius 1 is 0.727 bits per heavy atom. The first-order valence-electron chi connectivity index (χ1n) is 6.41. The smallest absolute Gasteiger partial charge is 0.346 e. The van der Waals surface area contributed by atoms with Crippen LogP contribution in [0.5, 0.6) is 5.75 Å². The highest BCUT2D eigenvalue weighted by Crippen LogP contribution is 2.08. The summed E-state index contributed by atoms with van der Waals surface area (Å²) in [5.74, 6) is -2.12. The van der Waals surface area contributed by atoms with E-state index in [2.05, 4.69) is 4.74 Å². The van der Waals surface area contributed by atoms with E-state index in [-0.39, 0.29) is 5.56 Å². The van der Waals surface area contributed by atoms with Gasteiger partial charge in [-0.1, -0.05) is 36.4 Å². The number of esters is 3. The number of rotatable bonds is 4. The minimum atomic E-state index is -0.945. The predicted molar refractivity (Wildman–Crippen MR) is 78.1 cm³/mol. The van der Waals surface area contributed by atoms with Crippen LogP contribution >= 0.6 is 0 Å². The van der Waals surface area contributed by atoms with Crippen LogP contribution in [-0.4, -0.2) is 17.9 Å². The Balaban J connectivity index is 1.86. The highest BCUT2D eigenvalue weighted by molar-refractivity contribution is 6.01. The standard InChI is InChI=1S/C17H12O5/c18-15(21-14-9-5-2-6-10-14)11-12-16(19)22-17(20)13-7-3-1-4-8-13/h1-12H/b12-11-. The summed E-state index contributed by atoms with van der Waals surface area (Å²) in [5, 5.41) is 0. The van der Waals surface area contributed by atoms with Crippen LogP contribution in [0.4, 0.5) is 0 Å². The molecular weight excluding hydrogens is 284 g/mol. The van der Waals surface area contributed by atoms with Crippen LogP contribution in [0.1, 0.15) is 10.4 Å². The number of hydrogen-bond acceptors (Lipinski definition) is 5. The molecule has 0 spiro atoms. The Morgan fingerprint density at radius 2 is 1.27 bits per heavy atom. The minimum Gasteiger partial charge on any atom is -0.423 e. The number of carbonyl (C=O) groups excluding carboxylic acids is 3. The van der Waals surface area contributed by atoms with Crippen LogP contribution in [-0.2, 0) is 14.3 Å². The Bertz CT molecular complexity index is 690. The van der Waals surface area contributed by atoms with E-state index in [0.717, 1.165) is 12.2 Å². The monoisotopic (exact) mass is 296 g/mol. The van der Waals surface area contributed by atoms with E-state index >= 15 is 0 Å². The van der Waals surface area contributed by atoms with E-state index in [4.69, 9.17) is 4.74 Å². The summed E-state index contributed by atoms with van der Waals surface area (Å²) in [6.07, 6.45) is 1.74. The van der Waals surface area contributed by atoms with Crippen LogP contribution in [0.2, 0.25) is 0 Å². The molecule has 22 heavy (non-hydrogen) atoms. The van der Waals surface area contributed by atoms with Gasteiger partial charge in [0.1, 0.15) is 5.75 Å². The summed E-state index contributed by atoms with van der Waals surface area (Å²) in [4.78, 5) is 34.5. The first-order valence-corrected chi connectivity index (χ1v) is 6.41. The predicted octanol–water partition coefficient (Wildman–Crippen LogP) is 2.53. The highest BCUT2D eigenvalue weighted by Gasteiger charge is 2.10. The molecule has 0 saturated carbocycles. The molecule has 0 fully saturated rings. The second-order valence-electron chi connectivity index (χ2n) is 4.14. The number of para-hydroxylation sites is 1. The molecule has 0 amide bonds. The van der Waals surface area contributed by atoms with E-state index in [0.29, 0.717) is 5.75 Å². The molecule has 0 radical (unpaired) electrons. The molecule has 0 saturated heterocycles. The van der Waals surface area contributed by atoms with Gasteiger partial charge in [0.05, 0.1) is 5.56 Å². The Morgan fingerprint density at radius 3 is 1.91 bits per heavy atom. The second kappa shape index (κ2) is 7.54. The van der Waals surface area contributed by atoms with Crippen molar-refractivity contribution in [3.8, 4) is 5.75 Å². The van der Waals surface area contributed by atoms with E-state index < -0.39 is 17.9 Å². The molecule has 5 heteroatoms. The zero-order valence-electron chi connectivity index (χ0n) is 11.5. The number of benzene rings is 2. The van der Waals surface area contributed by atoms with Crippen molar-refractivity contribution < 1.29 is 23.9 Å². The summed E-state index contributed by atoms with van der Waals surface area (Å²) in [6, 6.07) is 16.5. The quantitative estimate of drug-likeness (QED) is 0.375. The van der Waals surface area contributed by atoms with Crippen molar-refractivity contribution in [2.24, 2.45) is 0 Å². The molecular formula is C17H12O5. The molecule has 0 aliphatic heterocycles. The zero-order valence-corrected chi connectivity index (χ0v) is 11.5. The summed E-state index contributed by atoms with van der Waals surface area (Å²) in [7, 11) is 0. The molecule has 2 rings (SSSR count). The maximum atomic E-state index is 11.6. The van der Waals surface area contributed by atoms with Gasteiger partial charge in [0.15, 0.2) is 0 Å². The minimum absolute atomic E-state index is 0.246. The summed E-state index contributed by atoms with van der Waals surface area (Å²) >= 11 is 0. The van der Waals surface area contributed by atoms with Gasteiger partial charge < -0.3 is 9.47 Å². The van der Waals surface area contributed by atoms with Crippen molar-refractivity contribution in [3.05, 3.63) is 78.4 Å². The van der Waals surface area contributed by atoms with Crippen molar-refractivity contribution in [1.82, 2.24) is 0 Å². The molecule has 2 aromatic carbocycles. The lowest BCUT2D eigenvalue weighted by atomic mass is 10.2. The molecule has 2 aromatic rings. The molecule has 0 N–H and O–H groups in total. The molecule has 0 aromatic heterocycles. The first-order chi connectivity index (χ1) is 10.6. The average Bonchev–Trinajstić information content (AvgIpc) is 2.55. The van der Waals surface area contributed by atoms with Gasteiger partial charge in [-0.05, 0) is 24.3 Å². The molecule has 110 valence electrons. The van der Waals surface area contributed by atoms with Crippen LogP contribution in [0.15, 0.2) is 72.8 Å². The summed E-state index contributed by atoms with van der Waals surface area (Å²) < 4.78 is 9.50. The normalized spacial score (nSPS) is 10.2. The molecule has 5 nitrogen and oxygen atoms in total. The van der Waals surface area contributed by atoms with Crippen LogP contribution in [0.3, 0.4) is 0 Å². The molecule has 0 atom stereocenters. The molecule has 0 aliphatic rings. The lowest BCUT2D eigenvalue weighted by Crippen LogP contribution is -2.11. The molecule has 0 heterocycles. The fourth-order valence-electron chi connectivity index (χ4n) is 1.53. The largest absolute Gasteiger partial charge is 0.423 e. The van der Waals surface area contributed by atoms with Gasteiger partial charge in [0.25, 0.3) is 0 Å². The van der Waals surface area contributed by atoms with Gasteiger partial charge in [0, 0.05) is 12.2 Å². The van der Waals surface area contributed by atoms with E-state index in [1.54, 1.807) is 48.5 Å². The maximum absolute atomic E-state index is 11.6. The number of carbonyl (C=O) groups is 3. The third-order valence-electron chi connectivity index (χ3n) is 2.52. The van der Waals surface area contributed by atoms with E-state index in [9.17, 15) is 14.4 Å². The van der Waals surface area contributed by atoms with E-state index in [1.807, 2.05) is 0 Å². The van der Waals surface area contributed by atoms with Crippen LogP contribution in [0, 0.1) is 0 Å². The second-order valence-corrected chi connectivity index (χ2v) is 4.14. The Kier molecular flexibility index (Phi) is 5.20. The topological polar surface area (TPSA) is 69.7 Å². The molecule has 0 unspecified atom stereocenters. The highest BCUT2D eigenvalue weighted by atomic mass is 16.6. The lowest BCUT2D eigenvalue weighted by Gasteiger charge is -2.00. The van der Waals surface area contributed by atoms with Gasteiger partial charge in [-0.2, -0.15) is 0 Å². The zero-order chi connectivity index (χ0) is 15.8. The SMILES string of the molecule is O=C(/C=C\C(=O)Oc1ccccc1)OC(=O)c1ccccc1. The van der Waals surface area contributed by atoms with Crippen molar-refractivity contribution in [3.63, 3.8) is 0 Å². The van der Waals surface area contributed by atoms with Gasteiger partial charge in [-0.15, -0.1) is 0 Å². The summed E-state index contributed by atoms with van der Waals surface area (Å²) in [5.41, 5.74) is 0.246. The van der Waals surface area contributed by atoms with Gasteiger partial charge in [-0.25, -0.2) is 14.4 Å². The third-order valence-corrected chi connectivity index (χ3v) is 2.52. The lowest BCUT2D eigenvalue weighted by molar-refractivity contribution is -0.133. The first kappa shape index (κ1) is 15.2. The van der Waals surface area contributed by atoms with Crippen molar-refractivity contribution in [2.75, 3.05) is 0 Å². The van der Waals surface area contributed by atoms with Gasteiger partial charge in [-0.3, -0.25) is 0 Å². The Labute approximate surface area is 126 Å². The third kappa shape index (κ3) is 4.72. The van der Waals surface area contributed by atoms with Crippen molar-refractivity contribution in [1.29, 1.82) is 0 Å². The maximum Gasteiger partial charge on any atom is 0.346 e. The fourth-order valence-corrected chi connectivity index (χ4v) is 1.53. The van der Waals surface area contributed by atoms with E-state index in [1.165, 1.54) is 12.1 Å². The number of hydrogen-bond donors (Lipinski definition) is 0. The molecule has 0 aliphatic carbocycles. The summed E-state index contributed by atoms with van der Waals surface area (Å²) in [6.45, 7) is 0. The van der Waals surface area contributed by atoms with Crippen LogP contribution in [0.25, 0.3) is 0 Å². The number of ether oxygens (including phenoxy) is 2. The van der Waals surface area contributed by atoms with Crippen LogP contribution < -0.4 is 4.74 Å². The van der Waals surface area contributed by atoms with Crippen molar-refractivity contribution in [2.45, 2.75) is 0 Å². The van der Waals surface area contributed by atoms with Crippen molar-refractivity contribution >= 4 is 17.9 Å².